The standard InChI is InChI=1S/C22H17BrF3N9O2S/c1-10-13(7-28-33(10)2)12-5-15(22(24,25)26)30-21-16(12)17(18(38-21)19(27)36)31-20(37)14-3-4-34(32-14)9-35-8-11(23)6-29-35/h3-8H,9H2,1-2H3,(H2,27,36)(H,31,37). The number of alkyl halides is 3. The normalized spacial score (nSPS) is 11.8. The molecule has 2 amide bonds. The number of thiophene rings is 1. The van der Waals surface area contributed by atoms with Gasteiger partial charge in [0.05, 0.1) is 22.6 Å². The number of rotatable bonds is 6. The van der Waals surface area contributed by atoms with Gasteiger partial charge < -0.3 is 11.1 Å². The lowest BCUT2D eigenvalue weighted by Gasteiger charge is -2.12. The highest BCUT2D eigenvalue weighted by Gasteiger charge is 2.35. The molecule has 0 atom stereocenters. The van der Waals surface area contributed by atoms with E-state index in [2.05, 4.69) is 41.5 Å². The zero-order valence-corrected chi connectivity index (χ0v) is 22.0. The fraction of sp³-hybridized carbons (Fsp3) is 0.182. The quantitative estimate of drug-likeness (QED) is 0.299. The maximum absolute atomic E-state index is 13.7. The molecule has 0 aliphatic rings. The number of amides is 2. The van der Waals surface area contributed by atoms with Crippen LogP contribution in [0.2, 0.25) is 0 Å². The highest BCUT2D eigenvalue weighted by atomic mass is 79.9. The second-order valence-electron chi connectivity index (χ2n) is 8.20. The summed E-state index contributed by atoms with van der Waals surface area (Å²) in [7, 11) is 1.64. The van der Waals surface area contributed by atoms with E-state index in [0.717, 1.165) is 10.5 Å². The number of aryl methyl sites for hydroxylation is 1. The molecule has 38 heavy (non-hydrogen) atoms. The second kappa shape index (κ2) is 9.36. The Bertz CT molecular complexity index is 1720. The molecule has 196 valence electrons. The van der Waals surface area contributed by atoms with Crippen LogP contribution in [-0.4, -0.2) is 46.1 Å². The van der Waals surface area contributed by atoms with Gasteiger partial charge in [-0.25, -0.2) is 9.67 Å². The molecular formula is C22H17BrF3N9O2S. The molecular weight excluding hydrogens is 591 g/mol. The lowest BCUT2D eigenvalue weighted by molar-refractivity contribution is -0.140. The summed E-state index contributed by atoms with van der Waals surface area (Å²) in [5, 5.41) is 15.3. The van der Waals surface area contributed by atoms with Gasteiger partial charge in [-0.3, -0.25) is 19.0 Å². The molecule has 0 aromatic carbocycles. The van der Waals surface area contributed by atoms with Crippen molar-refractivity contribution in [3.63, 3.8) is 0 Å². The van der Waals surface area contributed by atoms with Crippen LogP contribution < -0.4 is 11.1 Å². The Kier molecular flexibility index (Phi) is 6.30. The summed E-state index contributed by atoms with van der Waals surface area (Å²) >= 11 is 3.96. The van der Waals surface area contributed by atoms with Crippen molar-refractivity contribution in [3.8, 4) is 11.1 Å². The third-order valence-corrected chi connectivity index (χ3v) is 7.21. The second-order valence-corrected chi connectivity index (χ2v) is 10.1. The molecule has 0 bridgehead atoms. The van der Waals surface area contributed by atoms with Crippen molar-refractivity contribution < 1.29 is 22.8 Å². The zero-order chi connectivity index (χ0) is 27.4. The molecule has 0 aliphatic carbocycles. The first-order valence-electron chi connectivity index (χ1n) is 10.8. The number of nitrogens with two attached hydrogens (primary N) is 1. The van der Waals surface area contributed by atoms with E-state index >= 15 is 0 Å². The molecule has 11 nitrogen and oxygen atoms in total. The van der Waals surface area contributed by atoms with Crippen LogP contribution in [-0.2, 0) is 19.9 Å². The number of carbonyl (C=O) groups is 2. The van der Waals surface area contributed by atoms with Gasteiger partial charge in [0, 0.05) is 36.1 Å². The largest absolute Gasteiger partial charge is 0.433 e. The molecule has 5 heterocycles. The maximum atomic E-state index is 13.7. The van der Waals surface area contributed by atoms with E-state index < -0.39 is 23.7 Å². The van der Waals surface area contributed by atoms with Crippen molar-refractivity contribution in [1.82, 2.24) is 34.3 Å². The Morgan fingerprint density at radius 1 is 1.18 bits per heavy atom. The van der Waals surface area contributed by atoms with E-state index in [1.165, 1.54) is 21.6 Å². The van der Waals surface area contributed by atoms with Crippen LogP contribution in [0.1, 0.15) is 31.5 Å². The fourth-order valence-electron chi connectivity index (χ4n) is 3.82. The Hall–Kier alpha value is -4.05. The molecule has 5 aromatic rings. The van der Waals surface area contributed by atoms with Gasteiger partial charge in [0.2, 0.25) is 0 Å². The number of anilines is 1. The minimum absolute atomic E-state index is 0.00460. The monoisotopic (exact) mass is 607 g/mol. The number of pyridine rings is 1. The summed E-state index contributed by atoms with van der Waals surface area (Å²) in [4.78, 5) is 28.9. The molecule has 0 aliphatic heterocycles. The molecule has 0 spiro atoms. The lowest BCUT2D eigenvalue weighted by Crippen LogP contribution is -2.18. The summed E-state index contributed by atoms with van der Waals surface area (Å²) in [5.74, 6) is -1.62. The van der Waals surface area contributed by atoms with Gasteiger partial charge in [0.1, 0.15) is 22.1 Å². The third-order valence-electron chi connectivity index (χ3n) is 5.71. The van der Waals surface area contributed by atoms with Gasteiger partial charge >= 0.3 is 6.18 Å². The number of hydrogen-bond donors (Lipinski definition) is 2. The minimum atomic E-state index is -4.75. The Balaban J connectivity index is 1.61. The van der Waals surface area contributed by atoms with Crippen molar-refractivity contribution in [2.45, 2.75) is 19.8 Å². The lowest BCUT2D eigenvalue weighted by atomic mass is 10.0. The topological polar surface area (TPSA) is 139 Å². The number of carbonyl (C=O) groups excluding carboxylic acids is 2. The SMILES string of the molecule is Cc1c(-c2cc(C(F)(F)F)nc3sc(C(N)=O)c(NC(=O)c4ccn(Cn5cc(Br)cn5)n4)c23)cnn1C. The first kappa shape index (κ1) is 25.6. The molecule has 0 fully saturated rings. The van der Waals surface area contributed by atoms with Gasteiger partial charge in [-0.15, -0.1) is 11.3 Å². The maximum Gasteiger partial charge on any atom is 0.433 e. The van der Waals surface area contributed by atoms with Crippen LogP contribution in [0.4, 0.5) is 18.9 Å². The number of primary amides is 1. The number of aromatic nitrogens is 7. The van der Waals surface area contributed by atoms with Crippen molar-refractivity contribution >= 4 is 55.0 Å². The summed E-state index contributed by atoms with van der Waals surface area (Å²) in [6.07, 6.45) is 1.54. The molecule has 5 rings (SSSR count). The molecule has 0 unspecified atom stereocenters. The van der Waals surface area contributed by atoms with Crippen LogP contribution in [0, 0.1) is 6.92 Å². The van der Waals surface area contributed by atoms with Gasteiger partial charge in [-0.1, -0.05) is 0 Å². The molecule has 3 N–H and O–H groups in total. The summed E-state index contributed by atoms with van der Waals surface area (Å²) < 4.78 is 46.5. The van der Waals surface area contributed by atoms with Crippen LogP contribution in [0.25, 0.3) is 21.3 Å². The van der Waals surface area contributed by atoms with Crippen molar-refractivity contribution in [2.24, 2.45) is 12.8 Å². The van der Waals surface area contributed by atoms with Crippen LogP contribution in [0.15, 0.2) is 41.4 Å². The van der Waals surface area contributed by atoms with Gasteiger partial charge in [-0.2, -0.15) is 28.5 Å². The molecule has 0 radical (unpaired) electrons. The third kappa shape index (κ3) is 4.67. The zero-order valence-electron chi connectivity index (χ0n) is 19.6. The molecule has 0 saturated heterocycles. The first-order valence-corrected chi connectivity index (χ1v) is 12.4. The van der Waals surface area contributed by atoms with Gasteiger partial charge in [0.25, 0.3) is 11.8 Å². The molecule has 16 heteroatoms. The van der Waals surface area contributed by atoms with Gasteiger partial charge in [-0.05, 0) is 40.5 Å². The number of halogens is 4. The molecule has 5 aromatic heterocycles. The Morgan fingerprint density at radius 2 is 1.95 bits per heavy atom. The van der Waals surface area contributed by atoms with Crippen molar-refractivity contribution in [3.05, 3.63) is 63.4 Å². The average Bonchev–Trinajstić information content (AvgIpc) is 3.62. The van der Waals surface area contributed by atoms with E-state index in [4.69, 9.17) is 5.73 Å². The highest BCUT2D eigenvalue weighted by Crippen LogP contribution is 2.44. The van der Waals surface area contributed by atoms with Crippen LogP contribution in [0.3, 0.4) is 0 Å². The van der Waals surface area contributed by atoms with Gasteiger partial charge in [0.15, 0.2) is 5.69 Å². The summed E-state index contributed by atoms with van der Waals surface area (Å²) in [5.41, 5.74) is 5.40. The van der Waals surface area contributed by atoms with E-state index in [-0.39, 0.29) is 38.7 Å². The number of nitrogens with one attached hydrogen (secondary N) is 1. The smallest absolute Gasteiger partial charge is 0.365 e. The highest BCUT2D eigenvalue weighted by molar-refractivity contribution is 9.10. The van der Waals surface area contributed by atoms with E-state index in [1.807, 2.05) is 0 Å². The van der Waals surface area contributed by atoms with Crippen LogP contribution in [0.5, 0.6) is 0 Å². The fourth-order valence-corrected chi connectivity index (χ4v) is 5.15. The number of hydrogen-bond acceptors (Lipinski definition) is 7. The van der Waals surface area contributed by atoms with E-state index in [0.29, 0.717) is 22.6 Å². The average molecular weight is 608 g/mol. The summed E-state index contributed by atoms with van der Waals surface area (Å²) in [6.45, 7) is 1.91. The van der Waals surface area contributed by atoms with E-state index in [9.17, 15) is 22.8 Å². The van der Waals surface area contributed by atoms with Crippen molar-refractivity contribution in [2.75, 3.05) is 5.32 Å². The Morgan fingerprint density at radius 3 is 2.55 bits per heavy atom. The first-order chi connectivity index (χ1) is 17.9. The van der Waals surface area contributed by atoms with Crippen molar-refractivity contribution in [1.29, 1.82) is 0 Å². The predicted molar refractivity (Wildman–Crippen MR) is 136 cm³/mol. The number of fused-ring (bicyclic) bond motifs is 1. The number of nitrogens with zero attached hydrogens (tertiary/aromatic N) is 7. The minimum Gasteiger partial charge on any atom is -0.365 e. The summed E-state index contributed by atoms with van der Waals surface area (Å²) in [6, 6.07) is 2.33. The molecule has 0 saturated carbocycles. The predicted octanol–water partition coefficient (Wildman–Crippen LogP) is 4.04. The van der Waals surface area contributed by atoms with E-state index in [1.54, 1.807) is 37.2 Å². The van der Waals surface area contributed by atoms with Crippen LogP contribution >= 0.6 is 27.3 Å². The Labute approximate surface area is 224 Å².